The summed E-state index contributed by atoms with van der Waals surface area (Å²) < 4.78 is 5.10. The fraction of sp³-hybridized carbons (Fsp3) is 0.625. The average Bonchev–Trinajstić information content (AvgIpc) is 2.47. The van der Waals surface area contributed by atoms with E-state index < -0.39 is 0 Å². The maximum absolute atomic E-state index is 11.2. The van der Waals surface area contributed by atoms with E-state index in [2.05, 4.69) is 10.2 Å². The number of hydrogen-bond donors (Lipinski definition) is 0. The van der Waals surface area contributed by atoms with Gasteiger partial charge in [0.25, 0.3) is 5.22 Å². The van der Waals surface area contributed by atoms with Crippen LogP contribution in [0.25, 0.3) is 0 Å². The second-order valence-electron chi connectivity index (χ2n) is 3.00. The summed E-state index contributed by atoms with van der Waals surface area (Å²) in [7, 11) is 0. The van der Waals surface area contributed by atoms with Gasteiger partial charge in [-0.25, -0.2) is 0 Å². The molecule has 1 rings (SSSR count). The van der Waals surface area contributed by atoms with Crippen LogP contribution in [0.5, 0.6) is 0 Å². The summed E-state index contributed by atoms with van der Waals surface area (Å²) in [5, 5.41) is 7.90. The van der Waals surface area contributed by atoms with Crippen molar-refractivity contribution in [1.82, 2.24) is 10.2 Å². The minimum Gasteiger partial charge on any atom is -0.416 e. The van der Waals surface area contributed by atoms with Gasteiger partial charge < -0.3 is 4.42 Å². The first-order valence-corrected chi connectivity index (χ1v) is 5.03. The monoisotopic (exact) mass is 200 g/mol. The van der Waals surface area contributed by atoms with Crippen LogP contribution in [-0.4, -0.2) is 21.7 Å². The number of carbonyl (C=O) groups excluding carboxylic acids is 1. The van der Waals surface area contributed by atoms with E-state index in [1.54, 1.807) is 6.92 Å². The van der Waals surface area contributed by atoms with E-state index in [4.69, 9.17) is 4.42 Å². The molecule has 0 aliphatic carbocycles. The SMILES string of the molecule is Cc1nnc(SCC(=O)C(C)C)o1. The number of aryl methyl sites for hydroxylation is 1. The second-order valence-corrected chi connectivity index (χ2v) is 3.92. The van der Waals surface area contributed by atoms with Crippen molar-refractivity contribution in [2.24, 2.45) is 5.92 Å². The van der Waals surface area contributed by atoms with Crippen molar-refractivity contribution in [3.8, 4) is 0 Å². The maximum atomic E-state index is 11.2. The summed E-state index contributed by atoms with van der Waals surface area (Å²) in [5.74, 6) is 1.19. The molecule has 0 aliphatic heterocycles. The van der Waals surface area contributed by atoms with Gasteiger partial charge in [0, 0.05) is 12.8 Å². The molecule has 0 spiro atoms. The molecule has 72 valence electrons. The van der Waals surface area contributed by atoms with Crippen molar-refractivity contribution in [2.45, 2.75) is 26.0 Å². The first-order valence-electron chi connectivity index (χ1n) is 4.05. The first kappa shape index (κ1) is 10.2. The van der Waals surface area contributed by atoms with Crippen LogP contribution in [-0.2, 0) is 4.79 Å². The lowest BCUT2D eigenvalue weighted by Gasteiger charge is -1.99. The Balaban J connectivity index is 2.39. The van der Waals surface area contributed by atoms with E-state index in [-0.39, 0.29) is 11.7 Å². The van der Waals surface area contributed by atoms with E-state index in [1.165, 1.54) is 11.8 Å². The van der Waals surface area contributed by atoms with Crippen molar-refractivity contribution < 1.29 is 9.21 Å². The molecular weight excluding hydrogens is 188 g/mol. The van der Waals surface area contributed by atoms with Gasteiger partial charge in [-0.05, 0) is 0 Å². The van der Waals surface area contributed by atoms with Crippen molar-refractivity contribution in [3.05, 3.63) is 5.89 Å². The van der Waals surface area contributed by atoms with Crippen LogP contribution in [0.15, 0.2) is 9.64 Å². The molecule has 0 unspecified atom stereocenters. The Morgan fingerprint density at radius 2 is 2.23 bits per heavy atom. The highest BCUT2D eigenvalue weighted by atomic mass is 32.2. The highest BCUT2D eigenvalue weighted by Gasteiger charge is 2.10. The summed E-state index contributed by atoms with van der Waals surface area (Å²) in [6.07, 6.45) is 0. The molecule has 5 heteroatoms. The Morgan fingerprint density at radius 3 is 2.69 bits per heavy atom. The van der Waals surface area contributed by atoms with Gasteiger partial charge in [-0.1, -0.05) is 25.6 Å². The van der Waals surface area contributed by atoms with Crippen molar-refractivity contribution in [2.75, 3.05) is 5.75 Å². The smallest absolute Gasteiger partial charge is 0.276 e. The van der Waals surface area contributed by atoms with E-state index in [0.29, 0.717) is 16.9 Å². The Bertz CT molecular complexity index is 296. The Morgan fingerprint density at radius 1 is 1.54 bits per heavy atom. The fourth-order valence-corrected chi connectivity index (χ4v) is 1.51. The zero-order chi connectivity index (χ0) is 9.84. The average molecular weight is 200 g/mol. The molecule has 0 N–H and O–H groups in total. The van der Waals surface area contributed by atoms with E-state index in [1.807, 2.05) is 13.8 Å². The van der Waals surface area contributed by atoms with Gasteiger partial charge in [-0.3, -0.25) is 4.79 Å². The standard InChI is InChI=1S/C8H12N2O2S/c1-5(2)7(11)4-13-8-10-9-6(3)12-8/h5H,4H2,1-3H3. The fourth-order valence-electron chi connectivity index (χ4n) is 0.636. The lowest BCUT2D eigenvalue weighted by molar-refractivity contribution is -0.119. The lowest BCUT2D eigenvalue weighted by Crippen LogP contribution is -2.09. The number of aromatic nitrogens is 2. The Kier molecular flexibility index (Phi) is 3.48. The summed E-state index contributed by atoms with van der Waals surface area (Å²) in [5.41, 5.74) is 0. The number of Topliss-reactive ketones (excluding diaryl/α,β-unsaturated/α-hetero) is 1. The van der Waals surface area contributed by atoms with Gasteiger partial charge in [-0.15, -0.1) is 10.2 Å². The predicted octanol–water partition coefficient (Wildman–Crippen LogP) is 1.70. The van der Waals surface area contributed by atoms with E-state index in [9.17, 15) is 4.79 Å². The molecule has 0 radical (unpaired) electrons. The summed E-state index contributed by atoms with van der Waals surface area (Å²) in [6.45, 7) is 5.48. The van der Waals surface area contributed by atoms with Crippen LogP contribution in [0.4, 0.5) is 0 Å². The van der Waals surface area contributed by atoms with Gasteiger partial charge >= 0.3 is 0 Å². The van der Waals surface area contributed by atoms with Crippen LogP contribution >= 0.6 is 11.8 Å². The molecule has 4 nitrogen and oxygen atoms in total. The molecule has 0 amide bonds. The maximum Gasteiger partial charge on any atom is 0.276 e. The zero-order valence-electron chi connectivity index (χ0n) is 7.90. The number of rotatable bonds is 4. The Hall–Kier alpha value is -0.840. The van der Waals surface area contributed by atoms with E-state index >= 15 is 0 Å². The van der Waals surface area contributed by atoms with Crippen LogP contribution in [0.2, 0.25) is 0 Å². The zero-order valence-corrected chi connectivity index (χ0v) is 8.72. The molecule has 1 aromatic heterocycles. The second kappa shape index (κ2) is 4.41. The molecule has 0 fully saturated rings. The minimum absolute atomic E-state index is 0.0662. The molecule has 0 atom stereocenters. The van der Waals surface area contributed by atoms with Crippen molar-refractivity contribution in [3.63, 3.8) is 0 Å². The third kappa shape index (κ3) is 3.18. The molecule has 0 saturated carbocycles. The van der Waals surface area contributed by atoms with Gasteiger partial charge in [0.1, 0.15) is 5.78 Å². The lowest BCUT2D eigenvalue weighted by atomic mass is 10.1. The predicted molar refractivity (Wildman–Crippen MR) is 49.6 cm³/mol. The van der Waals surface area contributed by atoms with Crippen molar-refractivity contribution in [1.29, 1.82) is 0 Å². The quantitative estimate of drug-likeness (QED) is 0.692. The molecule has 1 heterocycles. The molecular formula is C8H12N2O2S. The van der Waals surface area contributed by atoms with Gasteiger partial charge in [0.2, 0.25) is 5.89 Å². The third-order valence-electron chi connectivity index (χ3n) is 1.49. The minimum atomic E-state index is 0.0662. The first-order chi connectivity index (χ1) is 6.09. The summed E-state index contributed by atoms with van der Waals surface area (Å²) in [4.78, 5) is 11.2. The van der Waals surface area contributed by atoms with Gasteiger partial charge in [-0.2, -0.15) is 0 Å². The third-order valence-corrected chi connectivity index (χ3v) is 2.33. The highest BCUT2D eigenvalue weighted by Crippen LogP contribution is 2.16. The van der Waals surface area contributed by atoms with Gasteiger partial charge in [0.05, 0.1) is 5.75 Å². The number of nitrogens with zero attached hydrogens (tertiary/aromatic N) is 2. The van der Waals surface area contributed by atoms with Crippen LogP contribution < -0.4 is 0 Å². The number of carbonyl (C=O) groups is 1. The van der Waals surface area contributed by atoms with Crippen LogP contribution in [0, 0.1) is 12.8 Å². The molecule has 13 heavy (non-hydrogen) atoms. The Labute approximate surface area is 81.1 Å². The molecule has 1 aromatic rings. The normalized spacial score (nSPS) is 10.8. The number of hydrogen-bond acceptors (Lipinski definition) is 5. The topological polar surface area (TPSA) is 56.0 Å². The van der Waals surface area contributed by atoms with Gasteiger partial charge in [0.15, 0.2) is 0 Å². The highest BCUT2D eigenvalue weighted by molar-refractivity contribution is 7.99. The van der Waals surface area contributed by atoms with Crippen LogP contribution in [0.3, 0.4) is 0 Å². The number of ketones is 1. The van der Waals surface area contributed by atoms with Crippen molar-refractivity contribution >= 4 is 17.5 Å². The molecule has 0 saturated heterocycles. The van der Waals surface area contributed by atoms with Crippen LogP contribution in [0.1, 0.15) is 19.7 Å². The summed E-state index contributed by atoms with van der Waals surface area (Å²) in [6, 6.07) is 0. The van der Waals surface area contributed by atoms with E-state index in [0.717, 1.165) is 0 Å². The largest absolute Gasteiger partial charge is 0.416 e. The molecule has 0 aromatic carbocycles. The molecule has 0 bridgehead atoms. The number of thioether (sulfide) groups is 1. The summed E-state index contributed by atoms with van der Waals surface area (Å²) >= 11 is 1.29. The molecule has 0 aliphatic rings.